The van der Waals surface area contributed by atoms with Crippen LogP contribution in [0.1, 0.15) is 297 Å². The highest BCUT2D eigenvalue weighted by Crippen LogP contribution is 2.49. The normalized spacial score (nSPS) is 27.6. The lowest BCUT2D eigenvalue weighted by atomic mass is 9.84. The van der Waals surface area contributed by atoms with Gasteiger partial charge in [0.15, 0.2) is 18.7 Å². The summed E-state index contributed by atoms with van der Waals surface area (Å²) < 4.78 is 65.0. The van der Waals surface area contributed by atoms with E-state index in [2.05, 4.69) is 45.1 Å². The Balaban J connectivity index is 1.72. The van der Waals surface area contributed by atoms with E-state index in [-0.39, 0.29) is 19.3 Å². The van der Waals surface area contributed by atoms with Crippen LogP contribution in [0.4, 0.5) is 0 Å². The van der Waals surface area contributed by atoms with Crippen LogP contribution in [0.3, 0.4) is 0 Å². The molecule has 0 radical (unpaired) electrons. The number of rotatable bonds is 60. The molecule has 18 atom stereocenters. The number of allylic oxidation sites excluding steroid dienone is 4. The van der Waals surface area contributed by atoms with Crippen molar-refractivity contribution in [3.05, 3.63) is 24.3 Å². The molecule has 2 heterocycles. The molecule has 3 aliphatic rings. The monoisotopic (exact) mass is 1440 g/mol. The molecule has 0 aromatic rings. The average molecular weight is 1440 g/mol. The van der Waals surface area contributed by atoms with Gasteiger partial charge in [0.05, 0.1) is 13.2 Å². The Morgan fingerprint density at radius 2 is 0.707 bits per heavy atom. The molecule has 3 fully saturated rings. The highest BCUT2D eigenvalue weighted by atomic mass is 31.2. The number of aliphatic hydroxyl groups excluding tert-OH is 10. The Hall–Kier alpha value is -2.56. The predicted molar refractivity (Wildman–Crippen MR) is 374 cm³/mol. The summed E-state index contributed by atoms with van der Waals surface area (Å²) in [6.07, 6.45) is 16.7. The zero-order chi connectivity index (χ0) is 72.5. The first kappa shape index (κ1) is 90.7. The van der Waals surface area contributed by atoms with Crippen molar-refractivity contribution in [3.63, 3.8) is 0 Å². The zero-order valence-electron chi connectivity index (χ0n) is 60.5. The number of phosphoric acid groups is 1. The molecule has 0 amide bonds. The Labute approximate surface area is 592 Å². The van der Waals surface area contributed by atoms with Crippen LogP contribution in [0.2, 0.25) is 0 Å². The number of esters is 3. The molecule has 11 N–H and O–H groups in total. The first-order valence-corrected chi connectivity index (χ1v) is 40.1. The van der Waals surface area contributed by atoms with Crippen molar-refractivity contribution in [2.75, 3.05) is 26.4 Å². The zero-order valence-corrected chi connectivity index (χ0v) is 61.4. The van der Waals surface area contributed by atoms with Crippen LogP contribution >= 0.6 is 7.82 Å². The number of hydrogen-bond acceptors (Lipinski definition) is 23. The minimum atomic E-state index is -5.70. The van der Waals surface area contributed by atoms with Crippen LogP contribution in [-0.4, -0.2) is 204 Å². The summed E-state index contributed by atoms with van der Waals surface area (Å²) in [6.45, 7) is 3.42. The van der Waals surface area contributed by atoms with E-state index < -0.39 is 156 Å². The van der Waals surface area contributed by atoms with Crippen LogP contribution < -0.4 is 0 Å². The van der Waals surface area contributed by atoms with Gasteiger partial charge in [-0.3, -0.25) is 23.4 Å². The third-order valence-electron chi connectivity index (χ3n) is 19.0. The molecule has 0 bridgehead atoms. The predicted octanol–water partition coefficient (Wildman–Crippen LogP) is 10.9. The van der Waals surface area contributed by atoms with E-state index in [0.717, 1.165) is 109 Å². The molecular formula is C74H135O24P. The number of carbonyl (C=O) groups excluding carboxylic acids is 3. The summed E-state index contributed by atoms with van der Waals surface area (Å²) in [5, 5.41) is 110. The second-order valence-corrected chi connectivity index (χ2v) is 29.1. The van der Waals surface area contributed by atoms with Gasteiger partial charge in [0.2, 0.25) is 0 Å². The van der Waals surface area contributed by atoms with Gasteiger partial charge in [0, 0.05) is 19.3 Å². The maximum Gasteiger partial charge on any atom is 0.472 e. The second-order valence-electron chi connectivity index (χ2n) is 27.7. The van der Waals surface area contributed by atoms with Gasteiger partial charge < -0.3 is 89.1 Å². The maximum atomic E-state index is 14.3. The molecule has 18 unspecified atom stereocenters. The fraction of sp³-hybridized carbons (Fsp3) is 0.905. The number of ether oxygens (including phenoxy) is 7. The van der Waals surface area contributed by atoms with Crippen molar-refractivity contribution < 1.29 is 117 Å². The fourth-order valence-electron chi connectivity index (χ4n) is 12.6. The molecule has 1 saturated carbocycles. The molecular weight excluding hydrogens is 1300 g/mol. The second kappa shape index (κ2) is 55.9. The van der Waals surface area contributed by atoms with Gasteiger partial charge in [-0.1, -0.05) is 231 Å². The van der Waals surface area contributed by atoms with Crippen molar-refractivity contribution in [2.45, 2.75) is 401 Å². The van der Waals surface area contributed by atoms with Gasteiger partial charge in [-0.2, -0.15) is 0 Å². The van der Waals surface area contributed by atoms with Crippen LogP contribution in [0.15, 0.2) is 24.3 Å². The molecule has 2 saturated heterocycles. The summed E-state index contributed by atoms with van der Waals surface area (Å²) in [5.41, 5.74) is 0. The number of unbranched alkanes of at least 4 members (excludes halogenated alkanes) is 35. The minimum absolute atomic E-state index is 0.0311. The molecule has 580 valence electrons. The van der Waals surface area contributed by atoms with Crippen molar-refractivity contribution in [2.24, 2.45) is 0 Å². The van der Waals surface area contributed by atoms with Crippen LogP contribution in [0, 0.1) is 0 Å². The van der Waals surface area contributed by atoms with Crippen LogP contribution in [0.5, 0.6) is 0 Å². The van der Waals surface area contributed by atoms with E-state index in [9.17, 15) is 74.9 Å². The van der Waals surface area contributed by atoms with E-state index in [0.29, 0.717) is 25.7 Å². The van der Waals surface area contributed by atoms with Crippen LogP contribution in [0.25, 0.3) is 0 Å². The molecule has 0 aromatic heterocycles. The molecule has 99 heavy (non-hydrogen) atoms. The van der Waals surface area contributed by atoms with E-state index in [4.69, 9.17) is 42.2 Å². The smallest absolute Gasteiger partial charge is 0.463 e. The van der Waals surface area contributed by atoms with Gasteiger partial charge >= 0.3 is 25.7 Å². The fourth-order valence-corrected chi connectivity index (χ4v) is 13.6. The molecule has 1 aliphatic carbocycles. The van der Waals surface area contributed by atoms with E-state index in [1.807, 2.05) is 0 Å². The van der Waals surface area contributed by atoms with Crippen molar-refractivity contribution in [1.29, 1.82) is 0 Å². The maximum absolute atomic E-state index is 14.3. The topological polar surface area (TPSA) is 374 Å². The highest BCUT2D eigenvalue weighted by Gasteiger charge is 2.58. The number of aliphatic hydroxyl groups is 10. The lowest BCUT2D eigenvalue weighted by molar-refractivity contribution is -0.360. The first-order chi connectivity index (χ1) is 47.8. The largest absolute Gasteiger partial charge is 0.472 e. The molecule has 3 rings (SSSR count). The molecule has 25 heteroatoms. The van der Waals surface area contributed by atoms with Crippen LogP contribution in [-0.2, 0) is 61.2 Å². The van der Waals surface area contributed by atoms with Gasteiger partial charge in [0.25, 0.3) is 0 Å². The number of carbonyl (C=O) groups is 3. The molecule has 0 spiro atoms. The van der Waals surface area contributed by atoms with Gasteiger partial charge in [-0.05, 0) is 70.6 Å². The summed E-state index contributed by atoms with van der Waals surface area (Å²) in [7, 11) is -5.70. The Morgan fingerprint density at radius 1 is 0.384 bits per heavy atom. The third-order valence-corrected chi connectivity index (χ3v) is 19.9. The first-order valence-electron chi connectivity index (χ1n) is 38.6. The van der Waals surface area contributed by atoms with Crippen molar-refractivity contribution in [3.8, 4) is 0 Å². The number of hydrogen-bond donors (Lipinski definition) is 11. The molecule has 2 aliphatic heterocycles. The summed E-state index contributed by atoms with van der Waals surface area (Å²) in [6, 6.07) is 0. The quantitative estimate of drug-likeness (QED) is 0.00886. The highest BCUT2D eigenvalue weighted by molar-refractivity contribution is 7.47. The Bertz CT molecular complexity index is 2140. The summed E-state index contributed by atoms with van der Waals surface area (Å²) in [4.78, 5) is 51.0. The van der Waals surface area contributed by atoms with E-state index >= 15 is 0 Å². The van der Waals surface area contributed by atoms with Gasteiger partial charge in [0.1, 0.15) is 98.7 Å². The van der Waals surface area contributed by atoms with Gasteiger partial charge in [-0.15, -0.1) is 0 Å². The summed E-state index contributed by atoms with van der Waals surface area (Å²) >= 11 is 0. The average Bonchev–Trinajstić information content (AvgIpc) is 0.763. The van der Waals surface area contributed by atoms with E-state index in [1.54, 1.807) is 0 Å². The summed E-state index contributed by atoms with van der Waals surface area (Å²) in [5.74, 6) is -2.01. The SMILES string of the molecule is CCCCCC/C=C\CCCCCCCCCC(=O)OCC(COP(=O)(O)OC1C(OC2OC(CO)C(O)C(O)C2O)C(O)C(O)C(O)C1OC1OC(COC(=O)CCCCCCCCCCCCCCCCCC)C(O)C(O)C1O)OC(=O)CCCCC/C=C\CCCCCCCC. The lowest BCUT2D eigenvalue weighted by Gasteiger charge is -2.49. The number of phosphoric ester groups is 1. The molecule has 0 aromatic carbocycles. The van der Waals surface area contributed by atoms with Gasteiger partial charge in [-0.25, -0.2) is 4.57 Å². The standard InChI is InChI=1S/C74H135O24P/c1-4-7-10-13-16-19-22-25-27-29-32-34-37-40-43-46-49-59(77)91-54-57-62(80)64(82)69(87)74(95-57)97-71-67(85)65(83)66(84)70(96-73-68(86)63(81)61(79)56(51-75)94-73)72(71)98-99(88,89)92-53-55(93-60(78)50-47-44-41-38-35-30-24-21-18-15-12-9-6-3)52-90-58(76)48-45-42-39-36-33-31-28-26-23-20-17-14-11-8-5-2/h20,23,30,35,55-57,61-75,79-87H,4-19,21-22,24-29,31-34,36-54H2,1-3H3,(H,88,89)/b23-20-,35-30-. The third kappa shape index (κ3) is 38.9. The van der Waals surface area contributed by atoms with Crippen molar-refractivity contribution in [1.82, 2.24) is 0 Å². The Kier molecular flexibility index (Phi) is 51.2. The Morgan fingerprint density at radius 3 is 1.11 bits per heavy atom. The lowest BCUT2D eigenvalue weighted by Crippen LogP contribution is -2.69. The van der Waals surface area contributed by atoms with Crippen molar-refractivity contribution >= 4 is 25.7 Å². The van der Waals surface area contributed by atoms with E-state index in [1.165, 1.54) is 122 Å². The molecule has 24 nitrogen and oxygen atoms in total. The minimum Gasteiger partial charge on any atom is -0.463 e.